The van der Waals surface area contributed by atoms with E-state index in [1.165, 1.54) is 5.57 Å². The summed E-state index contributed by atoms with van der Waals surface area (Å²) in [6, 6.07) is 3.48. The predicted octanol–water partition coefficient (Wildman–Crippen LogP) is 3.99. The number of aryl methyl sites for hydroxylation is 3. The first-order chi connectivity index (χ1) is 13.9. The molecule has 0 radical (unpaired) electrons. The van der Waals surface area contributed by atoms with Crippen molar-refractivity contribution >= 4 is 21.9 Å². The number of carbonyl (C=O) groups is 2. The van der Waals surface area contributed by atoms with Gasteiger partial charge >= 0.3 is 10.1 Å². The summed E-state index contributed by atoms with van der Waals surface area (Å²) in [6.45, 7) is 9.75. The molecule has 30 heavy (non-hydrogen) atoms. The summed E-state index contributed by atoms with van der Waals surface area (Å²) in [5.74, 6) is -0.592. The lowest BCUT2D eigenvalue weighted by atomic mass is 9.48. The third kappa shape index (κ3) is 3.32. The Balaban J connectivity index is 1.52. The second kappa shape index (κ2) is 7.02. The lowest BCUT2D eigenvalue weighted by Gasteiger charge is -2.56. The van der Waals surface area contributed by atoms with E-state index in [-0.39, 0.29) is 16.7 Å². The fourth-order valence-corrected chi connectivity index (χ4v) is 6.93. The van der Waals surface area contributed by atoms with Gasteiger partial charge in [-0.15, -0.1) is 9.35 Å². The summed E-state index contributed by atoms with van der Waals surface area (Å²) in [5, 5.41) is 0.469. The van der Waals surface area contributed by atoms with Crippen LogP contribution in [0.15, 0.2) is 28.7 Å². The molecule has 0 aromatic heterocycles. The maximum absolute atomic E-state index is 12.9. The van der Waals surface area contributed by atoms with Crippen LogP contribution in [0.5, 0.6) is 0 Å². The number of hydrogen-bond acceptors (Lipinski definition) is 5. The summed E-state index contributed by atoms with van der Waals surface area (Å²) in [5.41, 5.74) is 3.44. The molecule has 1 aromatic carbocycles. The average molecular weight is 432 g/mol. The number of imide groups is 1. The van der Waals surface area contributed by atoms with Crippen molar-refractivity contribution < 1.29 is 22.3 Å². The van der Waals surface area contributed by atoms with Gasteiger partial charge < -0.3 is 0 Å². The van der Waals surface area contributed by atoms with Crippen molar-refractivity contribution in [1.82, 2.24) is 5.06 Å². The molecule has 2 bridgehead atoms. The summed E-state index contributed by atoms with van der Waals surface area (Å²) in [6.07, 6.45) is 4.83. The van der Waals surface area contributed by atoms with Crippen LogP contribution in [0, 0.1) is 43.9 Å². The summed E-state index contributed by atoms with van der Waals surface area (Å²) < 4.78 is 30.9. The minimum absolute atomic E-state index is 0.00870. The fourth-order valence-electron chi connectivity index (χ4n) is 5.60. The van der Waals surface area contributed by atoms with Crippen molar-refractivity contribution in [1.29, 1.82) is 0 Å². The Labute approximate surface area is 178 Å². The van der Waals surface area contributed by atoms with E-state index < -0.39 is 27.9 Å². The maximum Gasteiger partial charge on any atom is 0.318 e. The number of carbonyl (C=O) groups excluding carboxylic acids is 2. The summed E-state index contributed by atoms with van der Waals surface area (Å²) in [7, 11) is -4.30. The number of hydroxylamine groups is 2. The molecule has 3 aliphatic carbocycles. The van der Waals surface area contributed by atoms with E-state index in [0.717, 1.165) is 18.4 Å². The topological polar surface area (TPSA) is 80.8 Å². The molecule has 5 rings (SSSR count). The highest BCUT2D eigenvalue weighted by atomic mass is 32.2. The highest BCUT2D eigenvalue weighted by molar-refractivity contribution is 7.86. The Morgan fingerprint density at radius 3 is 2.33 bits per heavy atom. The molecule has 0 spiro atoms. The smallest absolute Gasteiger partial charge is 0.272 e. The van der Waals surface area contributed by atoms with E-state index >= 15 is 0 Å². The van der Waals surface area contributed by atoms with Gasteiger partial charge in [-0.1, -0.05) is 43.2 Å². The Kier molecular flexibility index (Phi) is 4.97. The number of benzene rings is 1. The Morgan fingerprint density at radius 2 is 1.77 bits per heavy atom. The number of nitrogens with zero attached hydrogens (tertiary/aromatic N) is 1. The van der Waals surface area contributed by atoms with Gasteiger partial charge in [-0.05, 0) is 68.4 Å². The third-order valence-electron chi connectivity index (χ3n) is 7.29. The zero-order valence-electron chi connectivity index (χ0n) is 18.2. The molecule has 162 valence electrons. The van der Waals surface area contributed by atoms with Crippen LogP contribution >= 0.6 is 0 Å². The van der Waals surface area contributed by atoms with Gasteiger partial charge in [0.1, 0.15) is 4.90 Å². The lowest BCUT2D eigenvalue weighted by Crippen LogP contribution is -2.48. The van der Waals surface area contributed by atoms with Crippen LogP contribution in [-0.4, -0.2) is 25.3 Å². The van der Waals surface area contributed by atoms with Gasteiger partial charge in [0.05, 0.1) is 5.92 Å². The first-order valence-corrected chi connectivity index (χ1v) is 11.9. The molecule has 6 nitrogen and oxygen atoms in total. The zero-order valence-corrected chi connectivity index (χ0v) is 19.0. The average Bonchev–Trinajstić information content (AvgIpc) is 2.87. The molecule has 1 saturated heterocycles. The molecule has 1 aliphatic heterocycles. The van der Waals surface area contributed by atoms with Crippen LogP contribution in [0.25, 0.3) is 0 Å². The van der Waals surface area contributed by atoms with Gasteiger partial charge in [0.2, 0.25) is 0 Å². The molecular weight excluding hydrogens is 402 g/mol. The molecular formula is C23H29NO5S. The largest absolute Gasteiger partial charge is 0.318 e. The first-order valence-electron chi connectivity index (χ1n) is 10.5. The van der Waals surface area contributed by atoms with E-state index in [9.17, 15) is 18.0 Å². The molecule has 1 heterocycles. The predicted molar refractivity (Wildman–Crippen MR) is 112 cm³/mol. The van der Waals surface area contributed by atoms with Crippen molar-refractivity contribution in [3.8, 4) is 0 Å². The molecule has 2 amide bonds. The van der Waals surface area contributed by atoms with E-state index in [4.69, 9.17) is 4.28 Å². The monoisotopic (exact) mass is 431 g/mol. The second-order valence-electron chi connectivity index (χ2n) is 9.71. The van der Waals surface area contributed by atoms with Gasteiger partial charge in [-0.25, -0.2) is 0 Å². The standard InChI is InChI=1S/C23H29NO5S/c1-13-8-14(2)21(15(3)9-13)30(27,28)29-24-20(25)11-17(22(24)26)10-16-6-7-18-12-19(16)23(18,4)5/h6,8-9,17-19H,7,10-12H2,1-5H3/t17-,18+,19+/m1/s1. The number of hydrogen-bond donors (Lipinski definition) is 0. The molecule has 4 aliphatic rings. The van der Waals surface area contributed by atoms with E-state index in [1.54, 1.807) is 26.0 Å². The summed E-state index contributed by atoms with van der Waals surface area (Å²) in [4.78, 5) is 25.4. The minimum atomic E-state index is -4.30. The Hall–Kier alpha value is -1.99. The minimum Gasteiger partial charge on any atom is -0.272 e. The highest BCUT2D eigenvalue weighted by Crippen LogP contribution is 2.60. The first kappa shape index (κ1) is 21.2. The van der Waals surface area contributed by atoms with Crippen molar-refractivity contribution in [3.05, 3.63) is 40.5 Å². The molecule has 0 unspecified atom stereocenters. The summed E-state index contributed by atoms with van der Waals surface area (Å²) >= 11 is 0. The molecule has 3 atom stereocenters. The number of fused-ring (bicyclic) bond motifs is 1. The van der Waals surface area contributed by atoms with Gasteiger partial charge in [-0.3, -0.25) is 9.59 Å². The highest BCUT2D eigenvalue weighted by Gasteiger charge is 2.52. The van der Waals surface area contributed by atoms with Crippen molar-refractivity contribution in [2.45, 2.75) is 65.2 Å². The zero-order chi connectivity index (χ0) is 22.0. The fraction of sp³-hybridized carbons (Fsp3) is 0.565. The third-order valence-corrected chi connectivity index (χ3v) is 8.78. The van der Waals surface area contributed by atoms with Crippen LogP contribution in [0.4, 0.5) is 0 Å². The SMILES string of the molecule is Cc1cc(C)c(S(=O)(=O)ON2C(=O)C[C@@H](CC3=CC[C@H]4C[C@@H]3C4(C)C)C2=O)c(C)c1. The van der Waals surface area contributed by atoms with E-state index in [2.05, 4.69) is 19.9 Å². The number of allylic oxidation sites excluding steroid dienone is 2. The quantitative estimate of drug-likeness (QED) is 0.520. The van der Waals surface area contributed by atoms with Gasteiger partial charge in [0.15, 0.2) is 0 Å². The Morgan fingerprint density at radius 1 is 1.13 bits per heavy atom. The number of rotatable bonds is 5. The van der Waals surface area contributed by atoms with Crippen LogP contribution in [-0.2, 0) is 24.0 Å². The molecule has 1 saturated carbocycles. The van der Waals surface area contributed by atoms with Crippen LogP contribution in [0.2, 0.25) is 0 Å². The second-order valence-corrected chi connectivity index (χ2v) is 11.2. The van der Waals surface area contributed by atoms with E-state index in [0.29, 0.717) is 34.4 Å². The van der Waals surface area contributed by atoms with Crippen LogP contribution in [0.3, 0.4) is 0 Å². The van der Waals surface area contributed by atoms with Crippen molar-refractivity contribution in [3.63, 3.8) is 0 Å². The number of amides is 2. The lowest BCUT2D eigenvalue weighted by molar-refractivity contribution is -0.164. The van der Waals surface area contributed by atoms with Crippen molar-refractivity contribution in [2.75, 3.05) is 0 Å². The molecule has 1 aromatic rings. The van der Waals surface area contributed by atoms with Gasteiger partial charge in [-0.2, -0.15) is 8.42 Å². The van der Waals surface area contributed by atoms with Crippen LogP contribution in [0.1, 0.15) is 56.2 Å². The normalized spacial score (nSPS) is 27.8. The molecule has 0 N–H and O–H groups in total. The maximum atomic E-state index is 12.9. The van der Waals surface area contributed by atoms with Crippen LogP contribution < -0.4 is 0 Å². The molecule has 7 heteroatoms. The van der Waals surface area contributed by atoms with Gasteiger partial charge in [0.25, 0.3) is 11.8 Å². The van der Waals surface area contributed by atoms with Crippen molar-refractivity contribution in [2.24, 2.45) is 23.2 Å². The molecule has 2 fully saturated rings. The van der Waals surface area contributed by atoms with E-state index in [1.807, 2.05) is 6.92 Å². The van der Waals surface area contributed by atoms with Gasteiger partial charge in [0, 0.05) is 6.42 Å². The Bertz CT molecular complexity index is 1050.